The summed E-state index contributed by atoms with van der Waals surface area (Å²) in [6.07, 6.45) is 3.66. The molecule has 0 bridgehead atoms. The molecule has 14 heavy (non-hydrogen) atoms. The lowest BCUT2D eigenvalue weighted by Gasteiger charge is -2.17. The quantitative estimate of drug-likeness (QED) is 0.718. The molecule has 0 saturated carbocycles. The number of fused-ring (bicyclic) bond motifs is 1. The predicted molar refractivity (Wildman–Crippen MR) is 53.8 cm³/mol. The Kier molecular flexibility index (Phi) is 2.26. The first kappa shape index (κ1) is 8.87. The van der Waals surface area contributed by atoms with Crippen LogP contribution in [0.3, 0.4) is 0 Å². The van der Waals surface area contributed by atoms with Crippen LogP contribution < -0.4 is 5.32 Å². The topological polar surface area (TPSA) is 43.3 Å². The fraction of sp³-hybridized carbons (Fsp3) is 0.300. The van der Waals surface area contributed by atoms with E-state index in [1.807, 2.05) is 24.4 Å². The highest BCUT2D eigenvalue weighted by molar-refractivity contribution is 6.11. The van der Waals surface area contributed by atoms with Crippen molar-refractivity contribution < 1.29 is 9.53 Å². The average molecular weight is 192 g/mol. The molecular weight excluding hydrogens is 180 g/mol. The van der Waals surface area contributed by atoms with E-state index in [1.54, 1.807) is 11.5 Å². The number of carbonyl (C=O) groups is 1. The molecule has 74 valence electrons. The molecule has 4 heteroatoms. The van der Waals surface area contributed by atoms with Crippen LogP contribution in [0.15, 0.2) is 24.4 Å². The molecule has 0 radical (unpaired) electrons. The first-order chi connectivity index (χ1) is 6.83. The van der Waals surface area contributed by atoms with E-state index in [1.165, 1.54) is 0 Å². The highest BCUT2D eigenvalue weighted by atomic mass is 16.5. The van der Waals surface area contributed by atoms with E-state index >= 15 is 0 Å². The molecule has 1 aliphatic heterocycles. The molecule has 4 nitrogen and oxygen atoms in total. The predicted octanol–water partition coefficient (Wildman–Crippen LogP) is 1.32. The number of rotatable bonds is 2. The third kappa shape index (κ3) is 1.39. The second kappa shape index (κ2) is 3.57. The van der Waals surface area contributed by atoms with Crippen molar-refractivity contribution in [3.63, 3.8) is 0 Å². The molecule has 2 heterocycles. The van der Waals surface area contributed by atoms with Crippen molar-refractivity contribution in [3.8, 4) is 0 Å². The second-order valence-electron chi connectivity index (χ2n) is 2.95. The average Bonchev–Trinajstić information content (AvgIpc) is 2.65. The van der Waals surface area contributed by atoms with Gasteiger partial charge < -0.3 is 10.1 Å². The van der Waals surface area contributed by atoms with E-state index in [0.29, 0.717) is 18.8 Å². The molecule has 0 aromatic carbocycles. The van der Waals surface area contributed by atoms with Crippen molar-refractivity contribution in [1.29, 1.82) is 0 Å². The third-order valence-corrected chi connectivity index (χ3v) is 2.07. The summed E-state index contributed by atoms with van der Waals surface area (Å²) in [5.41, 5.74) is 0.589. The van der Waals surface area contributed by atoms with Crippen LogP contribution in [0.25, 0.3) is 5.70 Å². The van der Waals surface area contributed by atoms with E-state index < -0.39 is 0 Å². The van der Waals surface area contributed by atoms with Gasteiger partial charge in [0.1, 0.15) is 11.5 Å². The van der Waals surface area contributed by atoms with Crippen molar-refractivity contribution in [2.45, 2.75) is 6.92 Å². The van der Waals surface area contributed by atoms with Gasteiger partial charge in [-0.05, 0) is 25.1 Å². The van der Waals surface area contributed by atoms with Gasteiger partial charge in [0.05, 0.1) is 6.61 Å². The van der Waals surface area contributed by atoms with Crippen LogP contribution in [0.1, 0.15) is 6.92 Å². The van der Waals surface area contributed by atoms with Crippen LogP contribution in [0.4, 0.5) is 5.82 Å². The molecular formula is C10H12N2O2. The summed E-state index contributed by atoms with van der Waals surface area (Å²) in [7, 11) is 0. The Bertz CT molecular complexity index is 379. The number of esters is 1. The standard InChI is InChI=1S/C10H12N2O2/c1-2-14-10(13)8-5-6-11-9-4-3-7-12(8)9/h3-5,7,11H,2,6H2,1H3. The Morgan fingerprint density at radius 2 is 2.57 bits per heavy atom. The molecule has 2 rings (SSSR count). The smallest absolute Gasteiger partial charge is 0.355 e. The van der Waals surface area contributed by atoms with Gasteiger partial charge in [-0.15, -0.1) is 0 Å². The third-order valence-electron chi connectivity index (χ3n) is 2.07. The van der Waals surface area contributed by atoms with Crippen molar-refractivity contribution in [2.24, 2.45) is 0 Å². The summed E-state index contributed by atoms with van der Waals surface area (Å²) in [5, 5.41) is 3.15. The Morgan fingerprint density at radius 3 is 3.36 bits per heavy atom. The lowest BCUT2D eigenvalue weighted by molar-refractivity contribution is -0.136. The molecule has 0 fully saturated rings. The Labute approximate surface area is 82.2 Å². The number of ether oxygens (including phenoxy) is 1. The van der Waals surface area contributed by atoms with Gasteiger partial charge in [-0.1, -0.05) is 0 Å². The minimum atomic E-state index is -0.272. The maximum Gasteiger partial charge on any atom is 0.355 e. The van der Waals surface area contributed by atoms with E-state index in [-0.39, 0.29) is 5.97 Å². The van der Waals surface area contributed by atoms with Crippen LogP contribution >= 0.6 is 0 Å². The maximum atomic E-state index is 11.5. The normalized spacial score (nSPS) is 13.9. The van der Waals surface area contributed by atoms with Gasteiger partial charge >= 0.3 is 5.97 Å². The molecule has 0 atom stereocenters. The summed E-state index contributed by atoms with van der Waals surface area (Å²) in [5.74, 6) is 0.655. The molecule has 0 spiro atoms. The van der Waals surface area contributed by atoms with Crippen molar-refractivity contribution in [2.75, 3.05) is 18.5 Å². The van der Waals surface area contributed by atoms with Gasteiger partial charge in [0, 0.05) is 12.7 Å². The first-order valence-electron chi connectivity index (χ1n) is 4.62. The highest BCUT2D eigenvalue weighted by Gasteiger charge is 2.17. The second-order valence-corrected chi connectivity index (χ2v) is 2.95. The Balaban J connectivity index is 2.29. The lowest BCUT2D eigenvalue weighted by Crippen LogP contribution is -2.19. The largest absolute Gasteiger partial charge is 0.461 e. The molecule has 0 unspecified atom stereocenters. The zero-order valence-corrected chi connectivity index (χ0v) is 7.99. The monoisotopic (exact) mass is 192 g/mol. The summed E-state index contributed by atoms with van der Waals surface area (Å²) < 4.78 is 6.74. The van der Waals surface area contributed by atoms with Crippen LogP contribution in [-0.4, -0.2) is 23.7 Å². The van der Waals surface area contributed by atoms with Crippen LogP contribution in [0.5, 0.6) is 0 Å². The molecule has 0 saturated heterocycles. The summed E-state index contributed by atoms with van der Waals surface area (Å²) >= 11 is 0. The van der Waals surface area contributed by atoms with Crippen LogP contribution in [0.2, 0.25) is 0 Å². The molecule has 1 aliphatic rings. The van der Waals surface area contributed by atoms with Gasteiger partial charge in [-0.25, -0.2) is 4.79 Å². The number of nitrogens with one attached hydrogen (secondary N) is 1. The number of aromatic nitrogens is 1. The summed E-state index contributed by atoms with van der Waals surface area (Å²) in [6, 6.07) is 3.81. The van der Waals surface area contributed by atoms with Crippen LogP contribution in [-0.2, 0) is 9.53 Å². The SMILES string of the molecule is CCOC(=O)C1=CCNc2cccn21. The van der Waals surface area contributed by atoms with Gasteiger partial charge in [0.2, 0.25) is 0 Å². The van der Waals surface area contributed by atoms with E-state index in [4.69, 9.17) is 4.74 Å². The number of carbonyl (C=O) groups excluding carboxylic acids is 1. The van der Waals surface area contributed by atoms with E-state index in [2.05, 4.69) is 5.32 Å². The zero-order valence-electron chi connectivity index (χ0n) is 7.99. The zero-order chi connectivity index (χ0) is 9.97. The van der Waals surface area contributed by atoms with Crippen LogP contribution in [0, 0.1) is 0 Å². The number of anilines is 1. The molecule has 0 aliphatic carbocycles. The number of hydrogen-bond donors (Lipinski definition) is 1. The van der Waals surface area contributed by atoms with Gasteiger partial charge in [-0.2, -0.15) is 0 Å². The van der Waals surface area contributed by atoms with Crippen molar-refractivity contribution in [3.05, 3.63) is 24.4 Å². The summed E-state index contributed by atoms with van der Waals surface area (Å²) in [4.78, 5) is 11.5. The molecule has 0 amide bonds. The Morgan fingerprint density at radius 1 is 1.71 bits per heavy atom. The van der Waals surface area contributed by atoms with E-state index in [9.17, 15) is 4.79 Å². The Hall–Kier alpha value is -1.71. The minimum Gasteiger partial charge on any atom is -0.461 e. The van der Waals surface area contributed by atoms with Gasteiger partial charge in [-0.3, -0.25) is 4.57 Å². The fourth-order valence-corrected chi connectivity index (χ4v) is 1.47. The number of hydrogen-bond acceptors (Lipinski definition) is 3. The highest BCUT2D eigenvalue weighted by Crippen LogP contribution is 2.20. The number of nitrogens with zero attached hydrogens (tertiary/aromatic N) is 1. The molecule has 1 aromatic heterocycles. The fourth-order valence-electron chi connectivity index (χ4n) is 1.47. The van der Waals surface area contributed by atoms with Crippen molar-refractivity contribution >= 4 is 17.5 Å². The minimum absolute atomic E-state index is 0.272. The lowest BCUT2D eigenvalue weighted by atomic mass is 10.3. The van der Waals surface area contributed by atoms with Gasteiger partial charge in [0.25, 0.3) is 0 Å². The molecule has 1 N–H and O–H groups in total. The first-order valence-corrected chi connectivity index (χ1v) is 4.62. The van der Waals surface area contributed by atoms with E-state index in [0.717, 1.165) is 5.82 Å². The van der Waals surface area contributed by atoms with Crippen molar-refractivity contribution in [1.82, 2.24) is 4.57 Å². The molecule has 1 aromatic rings. The maximum absolute atomic E-state index is 11.5. The summed E-state index contributed by atoms with van der Waals surface area (Å²) in [6.45, 7) is 2.87. The van der Waals surface area contributed by atoms with Gasteiger partial charge in [0.15, 0.2) is 0 Å².